The number of phenolic OH excluding ortho intramolecular Hbond substituents is 1. The molecule has 0 radical (unpaired) electrons. The third-order valence-electron chi connectivity index (χ3n) is 3.55. The van der Waals surface area contributed by atoms with Gasteiger partial charge in [0.05, 0.1) is 0 Å². The lowest BCUT2D eigenvalue weighted by molar-refractivity contribution is 0.207. The maximum Gasteiger partial charge on any atom is 0.115 e. The van der Waals surface area contributed by atoms with Gasteiger partial charge in [-0.3, -0.25) is 0 Å². The summed E-state index contributed by atoms with van der Waals surface area (Å²) < 4.78 is 0. The first-order chi connectivity index (χ1) is 9.02. The highest BCUT2D eigenvalue weighted by atomic mass is 16.3. The van der Waals surface area contributed by atoms with Crippen molar-refractivity contribution in [2.45, 2.75) is 32.7 Å². The van der Waals surface area contributed by atoms with Gasteiger partial charge in [-0.1, -0.05) is 19.1 Å². The van der Waals surface area contributed by atoms with Gasteiger partial charge in [0.2, 0.25) is 0 Å². The van der Waals surface area contributed by atoms with Gasteiger partial charge in [-0.05, 0) is 71.2 Å². The Labute approximate surface area is 117 Å². The molecule has 1 aromatic rings. The Morgan fingerprint density at radius 3 is 2.26 bits per heavy atom. The number of nitrogens with zero attached hydrogens (tertiary/aromatic N) is 2. The Morgan fingerprint density at radius 1 is 1.11 bits per heavy atom. The molecule has 3 nitrogen and oxygen atoms in total. The van der Waals surface area contributed by atoms with E-state index in [1.807, 2.05) is 12.1 Å². The minimum absolute atomic E-state index is 0.342. The van der Waals surface area contributed by atoms with E-state index in [9.17, 15) is 5.11 Å². The van der Waals surface area contributed by atoms with E-state index in [2.05, 4.69) is 37.7 Å². The minimum Gasteiger partial charge on any atom is -0.508 e. The van der Waals surface area contributed by atoms with Crippen LogP contribution in [0.15, 0.2) is 24.3 Å². The molecule has 0 amide bonds. The molecule has 1 rings (SSSR count). The molecule has 0 saturated carbocycles. The van der Waals surface area contributed by atoms with Crippen molar-refractivity contribution in [2.75, 3.05) is 33.7 Å². The fraction of sp³-hybridized carbons (Fsp3) is 0.625. The standard InChI is InChI=1S/C16H28N2O/c1-5-18(12-6-11-17(3)4)14(2)13-15-7-9-16(19)10-8-15/h7-10,14,19H,5-6,11-13H2,1-4H3. The molecule has 108 valence electrons. The molecule has 1 unspecified atom stereocenters. The third kappa shape index (κ3) is 6.08. The lowest BCUT2D eigenvalue weighted by Crippen LogP contribution is -2.36. The normalized spacial score (nSPS) is 13.2. The Kier molecular flexibility index (Phi) is 6.89. The number of hydrogen-bond donors (Lipinski definition) is 1. The van der Waals surface area contributed by atoms with E-state index in [0.29, 0.717) is 11.8 Å². The van der Waals surface area contributed by atoms with Gasteiger partial charge in [0.25, 0.3) is 0 Å². The molecule has 0 bridgehead atoms. The predicted octanol–water partition coefficient (Wildman–Crippen LogP) is 2.60. The molecule has 0 fully saturated rings. The van der Waals surface area contributed by atoms with Gasteiger partial charge in [-0.15, -0.1) is 0 Å². The zero-order chi connectivity index (χ0) is 14.3. The van der Waals surface area contributed by atoms with E-state index >= 15 is 0 Å². The van der Waals surface area contributed by atoms with Crippen LogP contribution in [0.4, 0.5) is 0 Å². The number of benzene rings is 1. The van der Waals surface area contributed by atoms with Gasteiger partial charge in [-0.2, -0.15) is 0 Å². The fourth-order valence-corrected chi connectivity index (χ4v) is 2.38. The Morgan fingerprint density at radius 2 is 1.74 bits per heavy atom. The summed E-state index contributed by atoms with van der Waals surface area (Å²) in [7, 11) is 4.24. The van der Waals surface area contributed by atoms with Crippen LogP contribution < -0.4 is 0 Å². The van der Waals surface area contributed by atoms with Crippen molar-refractivity contribution < 1.29 is 5.11 Å². The largest absolute Gasteiger partial charge is 0.508 e. The summed E-state index contributed by atoms with van der Waals surface area (Å²) >= 11 is 0. The second kappa shape index (κ2) is 8.18. The Bertz CT molecular complexity index is 348. The average molecular weight is 264 g/mol. The number of phenols is 1. The summed E-state index contributed by atoms with van der Waals surface area (Å²) in [5.74, 6) is 0.342. The molecule has 0 aromatic heterocycles. The maximum absolute atomic E-state index is 9.30. The van der Waals surface area contributed by atoms with Crippen molar-refractivity contribution in [2.24, 2.45) is 0 Å². The van der Waals surface area contributed by atoms with Gasteiger partial charge in [0.1, 0.15) is 5.75 Å². The van der Waals surface area contributed by atoms with E-state index in [0.717, 1.165) is 26.1 Å². The van der Waals surface area contributed by atoms with Crippen LogP contribution in [0.3, 0.4) is 0 Å². The van der Waals surface area contributed by atoms with E-state index in [1.54, 1.807) is 12.1 Å². The summed E-state index contributed by atoms with van der Waals surface area (Å²) in [4.78, 5) is 4.76. The van der Waals surface area contributed by atoms with Crippen LogP contribution in [0.2, 0.25) is 0 Å². The van der Waals surface area contributed by atoms with Crippen molar-refractivity contribution in [3.63, 3.8) is 0 Å². The molecule has 0 aliphatic carbocycles. The van der Waals surface area contributed by atoms with Crippen molar-refractivity contribution >= 4 is 0 Å². The first-order valence-electron chi connectivity index (χ1n) is 7.19. The van der Waals surface area contributed by atoms with Crippen LogP contribution in [0.25, 0.3) is 0 Å². The second-order valence-corrected chi connectivity index (χ2v) is 5.51. The Hall–Kier alpha value is -1.06. The van der Waals surface area contributed by atoms with Gasteiger partial charge < -0.3 is 14.9 Å². The SMILES string of the molecule is CCN(CCCN(C)C)C(C)Cc1ccc(O)cc1. The highest BCUT2D eigenvalue weighted by molar-refractivity contribution is 5.26. The van der Waals surface area contributed by atoms with Crippen LogP contribution in [0.5, 0.6) is 5.75 Å². The number of hydrogen-bond acceptors (Lipinski definition) is 3. The summed E-state index contributed by atoms with van der Waals surface area (Å²) in [6.45, 7) is 7.89. The van der Waals surface area contributed by atoms with E-state index < -0.39 is 0 Å². The molecule has 0 heterocycles. The van der Waals surface area contributed by atoms with Crippen LogP contribution in [-0.2, 0) is 6.42 Å². The molecular weight excluding hydrogens is 236 g/mol. The summed E-state index contributed by atoms with van der Waals surface area (Å²) in [5, 5.41) is 9.30. The summed E-state index contributed by atoms with van der Waals surface area (Å²) in [6, 6.07) is 8.10. The molecule has 1 aromatic carbocycles. The average Bonchev–Trinajstić information content (AvgIpc) is 2.37. The van der Waals surface area contributed by atoms with Crippen molar-refractivity contribution in [3.05, 3.63) is 29.8 Å². The van der Waals surface area contributed by atoms with Gasteiger partial charge in [-0.25, -0.2) is 0 Å². The van der Waals surface area contributed by atoms with Crippen LogP contribution in [0.1, 0.15) is 25.8 Å². The van der Waals surface area contributed by atoms with Crippen LogP contribution in [-0.4, -0.2) is 54.7 Å². The van der Waals surface area contributed by atoms with Crippen molar-refractivity contribution in [3.8, 4) is 5.75 Å². The molecule has 0 spiro atoms. The molecule has 3 heteroatoms. The van der Waals surface area contributed by atoms with Gasteiger partial charge in [0.15, 0.2) is 0 Å². The molecule has 0 aliphatic rings. The van der Waals surface area contributed by atoms with Crippen LogP contribution >= 0.6 is 0 Å². The zero-order valence-corrected chi connectivity index (χ0v) is 12.8. The van der Waals surface area contributed by atoms with E-state index in [-0.39, 0.29) is 0 Å². The first kappa shape index (κ1) is 16.0. The molecular formula is C16H28N2O. The predicted molar refractivity (Wildman–Crippen MR) is 81.7 cm³/mol. The molecule has 0 saturated heterocycles. The van der Waals surface area contributed by atoms with Crippen molar-refractivity contribution in [1.82, 2.24) is 9.80 Å². The lowest BCUT2D eigenvalue weighted by Gasteiger charge is -2.28. The van der Waals surface area contributed by atoms with Gasteiger partial charge in [0, 0.05) is 6.04 Å². The summed E-state index contributed by atoms with van der Waals surface area (Å²) in [6.07, 6.45) is 2.25. The van der Waals surface area contributed by atoms with E-state index in [1.165, 1.54) is 12.0 Å². The second-order valence-electron chi connectivity index (χ2n) is 5.51. The molecule has 1 N–H and O–H groups in total. The molecule has 1 atom stereocenters. The fourth-order valence-electron chi connectivity index (χ4n) is 2.38. The van der Waals surface area contributed by atoms with Crippen molar-refractivity contribution in [1.29, 1.82) is 0 Å². The summed E-state index contributed by atoms with van der Waals surface area (Å²) in [5.41, 5.74) is 1.29. The third-order valence-corrected chi connectivity index (χ3v) is 3.55. The number of likely N-dealkylation sites (N-methyl/N-ethyl adjacent to an activating group) is 1. The smallest absolute Gasteiger partial charge is 0.115 e. The quantitative estimate of drug-likeness (QED) is 0.782. The first-order valence-corrected chi connectivity index (χ1v) is 7.19. The molecule has 0 aliphatic heterocycles. The minimum atomic E-state index is 0.342. The number of aromatic hydroxyl groups is 1. The van der Waals surface area contributed by atoms with E-state index in [4.69, 9.17) is 0 Å². The topological polar surface area (TPSA) is 26.7 Å². The highest BCUT2D eigenvalue weighted by Gasteiger charge is 2.12. The number of rotatable bonds is 8. The van der Waals surface area contributed by atoms with Crippen LogP contribution in [0, 0.1) is 0 Å². The maximum atomic E-state index is 9.30. The monoisotopic (exact) mass is 264 g/mol. The lowest BCUT2D eigenvalue weighted by atomic mass is 10.1. The molecule has 19 heavy (non-hydrogen) atoms. The Balaban J connectivity index is 2.44. The highest BCUT2D eigenvalue weighted by Crippen LogP contribution is 2.13. The van der Waals surface area contributed by atoms with Gasteiger partial charge >= 0.3 is 0 Å². The zero-order valence-electron chi connectivity index (χ0n) is 12.8.